The van der Waals surface area contributed by atoms with Crippen LogP contribution in [0.15, 0.2) is 34.7 Å². The van der Waals surface area contributed by atoms with Gasteiger partial charge < -0.3 is 9.73 Å². The van der Waals surface area contributed by atoms with Gasteiger partial charge in [0.25, 0.3) is 0 Å². The number of benzene rings is 1. The minimum Gasteiger partial charge on any atom is -0.466 e. The molecule has 2 aromatic rings. The Labute approximate surface area is 115 Å². The first-order valence-corrected chi connectivity index (χ1v) is 6.91. The highest BCUT2D eigenvalue weighted by molar-refractivity contribution is 5.48. The average molecular weight is 257 g/mol. The Hall–Kier alpha value is -1.70. The highest BCUT2D eigenvalue weighted by Crippen LogP contribution is 2.26. The zero-order valence-electron chi connectivity index (χ0n) is 12.4. The van der Waals surface area contributed by atoms with E-state index in [1.807, 2.05) is 13.8 Å². The van der Waals surface area contributed by atoms with E-state index in [1.165, 1.54) is 11.1 Å². The second kappa shape index (κ2) is 5.52. The SMILES string of the molecule is Cc1cc(C(C)Nc2cccc(C(C)C)c2)c(C)o1. The lowest BCUT2D eigenvalue weighted by Gasteiger charge is -2.16. The number of aryl methyl sites for hydroxylation is 2. The molecule has 2 heteroatoms. The van der Waals surface area contributed by atoms with Crippen molar-refractivity contribution < 1.29 is 4.42 Å². The lowest BCUT2D eigenvalue weighted by molar-refractivity contribution is 0.500. The summed E-state index contributed by atoms with van der Waals surface area (Å²) in [6, 6.07) is 11.0. The second-order valence-corrected chi connectivity index (χ2v) is 5.51. The molecule has 0 saturated heterocycles. The van der Waals surface area contributed by atoms with Gasteiger partial charge in [-0.25, -0.2) is 0 Å². The van der Waals surface area contributed by atoms with Crippen molar-refractivity contribution in [3.05, 3.63) is 53.0 Å². The molecule has 0 fully saturated rings. The van der Waals surface area contributed by atoms with E-state index in [9.17, 15) is 0 Å². The molecule has 0 saturated carbocycles. The normalized spacial score (nSPS) is 12.7. The molecule has 1 unspecified atom stereocenters. The van der Waals surface area contributed by atoms with Crippen molar-refractivity contribution in [1.82, 2.24) is 0 Å². The Morgan fingerprint density at radius 1 is 1.05 bits per heavy atom. The summed E-state index contributed by atoms with van der Waals surface area (Å²) in [4.78, 5) is 0. The zero-order valence-corrected chi connectivity index (χ0v) is 12.4. The predicted molar refractivity (Wildman–Crippen MR) is 80.8 cm³/mol. The Bertz CT molecular complexity index is 554. The summed E-state index contributed by atoms with van der Waals surface area (Å²) in [7, 11) is 0. The first-order chi connectivity index (χ1) is 8.97. The molecule has 0 aliphatic rings. The van der Waals surface area contributed by atoms with Crippen molar-refractivity contribution in [2.24, 2.45) is 0 Å². The molecule has 0 spiro atoms. The van der Waals surface area contributed by atoms with Gasteiger partial charge in [0.05, 0.1) is 6.04 Å². The van der Waals surface area contributed by atoms with Crippen molar-refractivity contribution in [3.8, 4) is 0 Å². The number of furan rings is 1. The smallest absolute Gasteiger partial charge is 0.106 e. The molecule has 0 aliphatic carbocycles. The van der Waals surface area contributed by atoms with E-state index < -0.39 is 0 Å². The van der Waals surface area contributed by atoms with E-state index >= 15 is 0 Å². The molecule has 0 bridgehead atoms. The first kappa shape index (κ1) is 13.7. The molecule has 2 rings (SSSR count). The van der Waals surface area contributed by atoms with Gasteiger partial charge in [-0.1, -0.05) is 26.0 Å². The van der Waals surface area contributed by atoms with E-state index in [1.54, 1.807) is 0 Å². The van der Waals surface area contributed by atoms with Crippen molar-refractivity contribution in [2.45, 2.75) is 46.6 Å². The maximum Gasteiger partial charge on any atom is 0.106 e. The van der Waals surface area contributed by atoms with Gasteiger partial charge in [-0.3, -0.25) is 0 Å². The fraction of sp³-hybridized carbons (Fsp3) is 0.412. The van der Waals surface area contributed by atoms with Crippen LogP contribution in [0.25, 0.3) is 0 Å². The average Bonchev–Trinajstić information content (AvgIpc) is 2.69. The Balaban J connectivity index is 2.17. The van der Waals surface area contributed by atoms with Crippen molar-refractivity contribution in [2.75, 3.05) is 5.32 Å². The topological polar surface area (TPSA) is 25.2 Å². The first-order valence-electron chi connectivity index (χ1n) is 6.91. The van der Waals surface area contributed by atoms with Crippen molar-refractivity contribution in [3.63, 3.8) is 0 Å². The molecule has 0 amide bonds. The molecular weight excluding hydrogens is 234 g/mol. The Morgan fingerprint density at radius 3 is 2.37 bits per heavy atom. The Kier molecular flexibility index (Phi) is 3.98. The third-order valence-corrected chi connectivity index (χ3v) is 3.48. The van der Waals surface area contributed by atoms with E-state index in [2.05, 4.69) is 56.4 Å². The standard InChI is InChI=1S/C17H23NO/c1-11(2)15-7-6-8-16(10-15)18-13(4)17-9-12(3)19-14(17)5/h6-11,13,18H,1-5H3. The third-order valence-electron chi connectivity index (χ3n) is 3.48. The van der Waals surface area contributed by atoms with Crippen LogP contribution < -0.4 is 5.32 Å². The quantitative estimate of drug-likeness (QED) is 0.815. The predicted octanol–water partition coefficient (Wildman–Crippen LogP) is 5.19. The highest BCUT2D eigenvalue weighted by Gasteiger charge is 2.12. The molecule has 19 heavy (non-hydrogen) atoms. The van der Waals surface area contributed by atoms with Crippen LogP contribution in [0.3, 0.4) is 0 Å². The third kappa shape index (κ3) is 3.19. The van der Waals surface area contributed by atoms with Gasteiger partial charge in [0.15, 0.2) is 0 Å². The van der Waals surface area contributed by atoms with Crippen LogP contribution in [0.1, 0.15) is 55.4 Å². The van der Waals surface area contributed by atoms with Gasteiger partial charge in [0.2, 0.25) is 0 Å². The highest BCUT2D eigenvalue weighted by atomic mass is 16.3. The van der Waals surface area contributed by atoms with Gasteiger partial charge in [-0.05, 0) is 50.5 Å². The van der Waals surface area contributed by atoms with Crippen LogP contribution in [-0.2, 0) is 0 Å². The summed E-state index contributed by atoms with van der Waals surface area (Å²) in [5.41, 5.74) is 3.75. The summed E-state index contributed by atoms with van der Waals surface area (Å²) >= 11 is 0. The molecule has 0 radical (unpaired) electrons. The summed E-state index contributed by atoms with van der Waals surface area (Å²) < 4.78 is 5.60. The molecule has 0 aliphatic heterocycles. The number of rotatable bonds is 4. The molecule has 1 heterocycles. The van der Waals surface area contributed by atoms with Crippen LogP contribution >= 0.6 is 0 Å². The number of nitrogens with one attached hydrogen (secondary N) is 1. The van der Waals surface area contributed by atoms with E-state index in [-0.39, 0.29) is 6.04 Å². The van der Waals surface area contributed by atoms with Crippen LogP contribution in [-0.4, -0.2) is 0 Å². The number of hydrogen-bond acceptors (Lipinski definition) is 2. The molecular formula is C17H23NO. The Morgan fingerprint density at radius 2 is 1.79 bits per heavy atom. The lowest BCUT2D eigenvalue weighted by atomic mass is 10.0. The van der Waals surface area contributed by atoms with Crippen LogP contribution in [0.2, 0.25) is 0 Å². The van der Waals surface area contributed by atoms with Gasteiger partial charge in [-0.15, -0.1) is 0 Å². The second-order valence-electron chi connectivity index (χ2n) is 5.51. The van der Waals surface area contributed by atoms with Gasteiger partial charge in [-0.2, -0.15) is 0 Å². The van der Waals surface area contributed by atoms with Crippen molar-refractivity contribution >= 4 is 5.69 Å². The van der Waals surface area contributed by atoms with Crippen LogP contribution in [0.5, 0.6) is 0 Å². The molecule has 1 N–H and O–H groups in total. The van der Waals surface area contributed by atoms with E-state index in [0.29, 0.717) is 5.92 Å². The summed E-state index contributed by atoms with van der Waals surface area (Å²) in [6.07, 6.45) is 0. The summed E-state index contributed by atoms with van der Waals surface area (Å²) in [5.74, 6) is 2.52. The monoisotopic (exact) mass is 257 g/mol. The van der Waals surface area contributed by atoms with Crippen LogP contribution in [0.4, 0.5) is 5.69 Å². The largest absolute Gasteiger partial charge is 0.466 e. The number of anilines is 1. The minimum absolute atomic E-state index is 0.250. The summed E-state index contributed by atoms with van der Waals surface area (Å²) in [5, 5.41) is 3.55. The molecule has 1 aromatic carbocycles. The van der Waals surface area contributed by atoms with Gasteiger partial charge in [0.1, 0.15) is 11.5 Å². The fourth-order valence-electron chi connectivity index (χ4n) is 2.40. The zero-order chi connectivity index (χ0) is 14.0. The molecule has 2 nitrogen and oxygen atoms in total. The molecule has 102 valence electrons. The molecule has 1 aromatic heterocycles. The maximum atomic E-state index is 5.60. The van der Waals surface area contributed by atoms with Gasteiger partial charge in [0, 0.05) is 11.3 Å². The maximum absolute atomic E-state index is 5.60. The van der Waals surface area contributed by atoms with Crippen molar-refractivity contribution in [1.29, 1.82) is 0 Å². The summed E-state index contributed by atoms with van der Waals surface area (Å²) in [6.45, 7) is 10.6. The number of hydrogen-bond donors (Lipinski definition) is 1. The van der Waals surface area contributed by atoms with E-state index in [4.69, 9.17) is 4.42 Å². The fourth-order valence-corrected chi connectivity index (χ4v) is 2.40. The van der Waals surface area contributed by atoms with Crippen LogP contribution in [0, 0.1) is 13.8 Å². The molecule has 1 atom stereocenters. The van der Waals surface area contributed by atoms with Gasteiger partial charge >= 0.3 is 0 Å². The van der Waals surface area contributed by atoms with E-state index in [0.717, 1.165) is 17.2 Å². The minimum atomic E-state index is 0.250. The lowest BCUT2D eigenvalue weighted by Crippen LogP contribution is -2.07.